The van der Waals surface area contributed by atoms with Gasteiger partial charge in [0.25, 0.3) is 0 Å². The van der Waals surface area contributed by atoms with E-state index < -0.39 is 31.0 Å². The lowest BCUT2D eigenvalue weighted by molar-refractivity contribution is -0.136. The maximum Gasteiger partial charge on any atom is 0.151 e. The van der Waals surface area contributed by atoms with Gasteiger partial charge in [0, 0.05) is 6.61 Å². The van der Waals surface area contributed by atoms with Crippen molar-refractivity contribution in [2.24, 2.45) is 0 Å². The molecule has 0 saturated carbocycles. The molecule has 7 heteroatoms. The van der Waals surface area contributed by atoms with Crippen molar-refractivity contribution >= 4 is 6.29 Å². The molecule has 0 aliphatic heterocycles. The molecule has 6 N–H and O–H groups in total. The number of aliphatic hydroxyl groups is 6. The Balaban J connectivity index is 0. The van der Waals surface area contributed by atoms with Gasteiger partial charge in [-0.1, -0.05) is 51.9 Å². The molecule has 140 valence electrons. The summed E-state index contributed by atoms with van der Waals surface area (Å²) in [4.78, 5) is 9.90. The van der Waals surface area contributed by atoms with Crippen molar-refractivity contribution < 1.29 is 35.4 Å². The van der Waals surface area contributed by atoms with E-state index in [4.69, 9.17) is 30.6 Å². The van der Waals surface area contributed by atoms with Crippen molar-refractivity contribution in [3.8, 4) is 0 Å². The summed E-state index contributed by atoms with van der Waals surface area (Å²) in [7, 11) is 0. The third-order valence-corrected chi connectivity index (χ3v) is 3.43. The summed E-state index contributed by atoms with van der Waals surface area (Å²) in [6.45, 7) is 1.85. The molecule has 0 heterocycles. The van der Waals surface area contributed by atoms with E-state index in [-0.39, 0.29) is 6.29 Å². The van der Waals surface area contributed by atoms with E-state index in [0.29, 0.717) is 6.61 Å². The second-order valence-electron chi connectivity index (χ2n) is 5.56. The summed E-state index contributed by atoms with van der Waals surface area (Å²) in [5, 5.41) is 52.0. The molecule has 0 aromatic heterocycles. The zero-order valence-electron chi connectivity index (χ0n) is 14.0. The second kappa shape index (κ2) is 17.8. The first-order valence-corrected chi connectivity index (χ1v) is 8.35. The highest BCUT2D eigenvalue weighted by atomic mass is 16.4. The van der Waals surface area contributed by atoms with Crippen molar-refractivity contribution in [3.05, 3.63) is 0 Å². The Kier molecular flexibility index (Phi) is 19.1. The first-order valence-electron chi connectivity index (χ1n) is 8.35. The van der Waals surface area contributed by atoms with Gasteiger partial charge < -0.3 is 35.4 Å². The summed E-state index contributed by atoms with van der Waals surface area (Å²) in [5.41, 5.74) is 0. The highest BCUT2D eigenvalue weighted by Crippen LogP contribution is 2.07. The number of hydrogen-bond donors (Lipinski definition) is 6. The summed E-state index contributed by atoms with van der Waals surface area (Å²) in [5.74, 6) is 0. The lowest BCUT2D eigenvalue weighted by atomic mass is 10.0. The topological polar surface area (TPSA) is 138 Å². The minimum atomic E-state index is -1.79. The van der Waals surface area contributed by atoms with Gasteiger partial charge in [0.1, 0.15) is 24.4 Å². The molecule has 0 radical (unpaired) electrons. The highest BCUT2D eigenvalue weighted by Gasteiger charge is 2.29. The molecule has 7 nitrogen and oxygen atoms in total. The summed E-state index contributed by atoms with van der Waals surface area (Å²) < 4.78 is 0. The normalized spacial score (nSPS) is 16.0. The number of hydrogen-bond acceptors (Lipinski definition) is 7. The first-order chi connectivity index (χ1) is 11.0. The summed E-state index contributed by atoms with van der Waals surface area (Å²) in [6, 6.07) is 0. The van der Waals surface area contributed by atoms with Crippen molar-refractivity contribution in [3.63, 3.8) is 0 Å². The van der Waals surface area contributed by atoms with Crippen LogP contribution >= 0.6 is 0 Å². The number of unbranched alkanes of at least 4 members (excludes halogenated alkanes) is 7. The molecule has 0 aliphatic carbocycles. The van der Waals surface area contributed by atoms with Crippen LogP contribution in [-0.4, -0.2) is 74.6 Å². The fraction of sp³-hybridized carbons (Fsp3) is 0.938. The van der Waals surface area contributed by atoms with Crippen molar-refractivity contribution in [2.75, 3.05) is 13.2 Å². The number of aldehydes is 1. The van der Waals surface area contributed by atoms with E-state index in [1.165, 1.54) is 44.9 Å². The molecule has 0 aliphatic rings. The quantitative estimate of drug-likeness (QED) is 0.201. The van der Waals surface area contributed by atoms with E-state index in [1.807, 2.05) is 0 Å². The van der Waals surface area contributed by atoms with E-state index in [9.17, 15) is 4.79 Å². The van der Waals surface area contributed by atoms with Gasteiger partial charge >= 0.3 is 0 Å². The van der Waals surface area contributed by atoms with Crippen LogP contribution in [0.5, 0.6) is 0 Å². The third kappa shape index (κ3) is 14.7. The maximum atomic E-state index is 9.90. The Morgan fingerprint density at radius 2 is 1.26 bits per heavy atom. The van der Waals surface area contributed by atoms with Gasteiger partial charge in [0.15, 0.2) is 6.29 Å². The summed E-state index contributed by atoms with van der Waals surface area (Å²) >= 11 is 0. The standard InChI is InChI=1S/C10H22O.C6H12O6/c1-2-3-4-5-6-7-8-9-10-11;7-1-3(9)5(11)6(12)4(10)2-8/h11H,2-10H2,1H3;1,3-6,8-12H,2H2/t;3-,4+,5+,6+/m.0/s1. The molecule has 0 spiro atoms. The van der Waals surface area contributed by atoms with Gasteiger partial charge in [-0.15, -0.1) is 0 Å². The molecule has 0 amide bonds. The number of carbonyl (C=O) groups is 1. The Bertz CT molecular complexity index is 243. The van der Waals surface area contributed by atoms with Gasteiger partial charge in [-0.3, -0.25) is 0 Å². The van der Waals surface area contributed by atoms with Crippen molar-refractivity contribution in [1.82, 2.24) is 0 Å². The maximum absolute atomic E-state index is 9.90. The van der Waals surface area contributed by atoms with Crippen molar-refractivity contribution in [1.29, 1.82) is 0 Å². The molecular formula is C16H34O7. The number of aliphatic hydroxyl groups excluding tert-OH is 6. The predicted octanol–water partition coefficient (Wildman–Crippen LogP) is -0.259. The van der Waals surface area contributed by atoms with Crippen LogP contribution in [0.15, 0.2) is 0 Å². The monoisotopic (exact) mass is 338 g/mol. The van der Waals surface area contributed by atoms with Crippen LogP contribution in [0.3, 0.4) is 0 Å². The average molecular weight is 338 g/mol. The Morgan fingerprint density at radius 1 is 0.783 bits per heavy atom. The molecule has 0 unspecified atom stereocenters. The van der Waals surface area contributed by atoms with Crippen LogP contribution in [0.1, 0.15) is 58.3 Å². The lowest BCUT2D eigenvalue weighted by Crippen LogP contribution is -2.46. The molecule has 0 bridgehead atoms. The fourth-order valence-electron chi connectivity index (χ4n) is 1.86. The molecular weight excluding hydrogens is 304 g/mol. The predicted molar refractivity (Wildman–Crippen MR) is 86.9 cm³/mol. The van der Waals surface area contributed by atoms with Crippen LogP contribution in [0.4, 0.5) is 0 Å². The largest absolute Gasteiger partial charge is 0.396 e. The molecule has 4 atom stereocenters. The fourth-order valence-corrected chi connectivity index (χ4v) is 1.86. The number of rotatable bonds is 13. The van der Waals surface area contributed by atoms with Gasteiger partial charge in [-0.25, -0.2) is 0 Å². The van der Waals surface area contributed by atoms with Crippen molar-refractivity contribution in [2.45, 2.75) is 82.7 Å². The first kappa shape index (κ1) is 24.7. The zero-order valence-corrected chi connectivity index (χ0v) is 14.0. The minimum absolute atomic E-state index is 0.0258. The summed E-state index contributed by atoms with van der Waals surface area (Å²) in [6.07, 6.45) is 3.54. The SMILES string of the molecule is CCCCCCCCCCO.O=C[C@H](O)[C@@H](O)[C@H](O)[C@H](O)CO. The Hall–Kier alpha value is -0.570. The van der Waals surface area contributed by atoms with E-state index in [2.05, 4.69) is 6.92 Å². The minimum Gasteiger partial charge on any atom is -0.396 e. The van der Waals surface area contributed by atoms with Crippen LogP contribution < -0.4 is 0 Å². The average Bonchev–Trinajstić information content (AvgIpc) is 2.58. The molecule has 0 aromatic carbocycles. The van der Waals surface area contributed by atoms with Gasteiger partial charge in [0.05, 0.1) is 6.61 Å². The van der Waals surface area contributed by atoms with E-state index >= 15 is 0 Å². The number of carbonyl (C=O) groups excluding carboxylic acids is 1. The van der Waals surface area contributed by atoms with Gasteiger partial charge in [0.2, 0.25) is 0 Å². The van der Waals surface area contributed by atoms with Crippen LogP contribution in [0, 0.1) is 0 Å². The molecule has 0 rings (SSSR count). The third-order valence-electron chi connectivity index (χ3n) is 3.43. The molecule has 0 fully saturated rings. The molecule has 23 heavy (non-hydrogen) atoms. The zero-order chi connectivity index (χ0) is 18.1. The highest BCUT2D eigenvalue weighted by molar-refractivity contribution is 5.56. The van der Waals surface area contributed by atoms with Crippen LogP contribution in [0.2, 0.25) is 0 Å². The van der Waals surface area contributed by atoms with Crippen LogP contribution in [0.25, 0.3) is 0 Å². The van der Waals surface area contributed by atoms with Gasteiger partial charge in [-0.05, 0) is 6.42 Å². The van der Waals surface area contributed by atoms with Gasteiger partial charge in [-0.2, -0.15) is 0 Å². The Morgan fingerprint density at radius 3 is 1.65 bits per heavy atom. The smallest absolute Gasteiger partial charge is 0.151 e. The second-order valence-corrected chi connectivity index (χ2v) is 5.56. The lowest BCUT2D eigenvalue weighted by Gasteiger charge is -2.22. The van der Waals surface area contributed by atoms with Crippen LogP contribution in [-0.2, 0) is 4.79 Å². The molecule has 0 saturated heterocycles. The Labute approximate surface area is 138 Å². The van der Waals surface area contributed by atoms with E-state index in [0.717, 1.165) is 6.42 Å². The van der Waals surface area contributed by atoms with E-state index in [1.54, 1.807) is 0 Å². The molecule has 0 aromatic rings.